The van der Waals surface area contributed by atoms with Crippen LogP contribution in [0.1, 0.15) is 30.4 Å². The molecule has 3 aromatic carbocycles. The first kappa shape index (κ1) is 23.2. The highest BCUT2D eigenvalue weighted by molar-refractivity contribution is 6.30. The summed E-state index contributed by atoms with van der Waals surface area (Å²) in [5.41, 5.74) is -2.40. The molecule has 0 aliphatic heterocycles. The molecule has 1 aliphatic carbocycles. The number of para-hydroxylation sites is 1. The van der Waals surface area contributed by atoms with Crippen LogP contribution in [-0.2, 0) is 16.6 Å². The Balaban J connectivity index is 1.54. The van der Waals surface area contributed by atoms with Gasteiger partial charge in [-0.1, -0.05) is 48.0 Å². The van der Waals surface area contributed by atoms with Gasteiger partial charge < -0.3 is 14.9 Å². The first-order valence-electron chi connectivity index (χ1n) is 10.6. The SMILES string of the molecule is O=C(O)[C@](F)(CC1(c2ccc(Cl)cc2)CC1)[C@H](O)Cc1ccc(F)c(Oc2ccccc2)c1. The summed E-state index contributed by atoms with van der Waals surface area (Å²) in [4.78, 5) is 12.0. The molecule has 33 heavy (non-hydrogen) atoms. The van der Waals surface area contributed by atoms with Crippen LogP contribution in [-0.4, -0.2) is 28.0 Å². The topological polar surface area (TPSA) is 66.8 Å². The molecule has 0 unspecified atom stereocenters. The minimum Gasteiger partial charge on any atom is -0.479 e. The Labute approximate surface area is 195 Å². The van der Waals surface area contributed by atoms with Crippen molar-refractivity contribution in [3.63, 3.8) is 0 Å². The number of aliphatic carboxylic acids is 1. The van der Waals surface area contributed by atoms with Crippen LogP contribution in [0.2, 0.25) is 5.02 Å². The molecule has 0 amide bonds. The summed E-state index contributed by atoms with van der Waals surface area (Å²) in [6, 6.07) is 19.3. The van der Waals surface area contributed by atoms with Gasteiger partial charge in [0.2, 0.25) is 5.67 Å². The van der Waals surface area contributed by atoms with E-state index in [0.29, 0.717) is 29.2 Å². The Morgan fingerprint density at radius 2 is 1.76 bits per heavy atom. The highest BCUT2D eigenvalue weighted by Gasteiger charge is 2.57. The Morgan fingerprint density at radius 3 is 2.36 bits per heavy atom. The fourth-order valence-corrected chi connectivity index (χ4v) is 4.23. The number of carbonyl (C=O) groups is 1. The van der Waals surface area contributed by atoms with Crippen LogP contribution in [0.4, 0.5) is 8.78 Å². The fourth-order valence-electron chi connectivity index (χ4n) is 4.10. The number of alkyl halides is 1. The number of ether oxygens (including phenoxy) is 1. The zero-order chi connectivity index (χ0) is 23.6. The van der Waals surface area contributed by atoms with Crippen molar-refractivity contribution < 1.29 is 28.5 Å². The molecule has 0 spiro atoms. The van der Waals surface area contributed by atoms with Gasteiger partial charge in [-0.05, 0) is 65.8 Å². The van der Waals surface area contributed by atoms with E-state index in [2.05, 4.69) is 0 Å². The molecule has 7 heteroatoms. The Morgan fingerprint density at radius 1 is 1.09 bits per heavy atom. The molecule has 0 radical (unpaired) electrons. The van der Waals surface area contributed by atoms with Crippen LogP contribution in [0.25, 0.3) is 0 Å². The Kier molecular flexibility index (Phi) is 6.41. The summed E-state index contributed by atoms with van der Waals surface area (Å²) in [5.74, 6) is -2.02. The van der Waals surface area contributed by atoms with Crippen molar-refractivity contribution in [1.29, 1.82) is 0 Å². The van der Waals surface area contributed by atoms with Gasteiger partial charge in [-0.25, -0.2) is 13.6 Å². The number of carboxylic acids is 1. The van der Waals surface area contributed by atoms with Crippen molar-refractivity contribution in [1.82, 2.24) is 0 Å². The predicted molar refractivity (Wildman–Crippen MR) is 121 cm³/mol. The second-order valence-electron chi connectivity index (χ2n) is 8.53. The summed E-state index contributed by atoms with van der Waals surface area (Å²) >= 11 is 5.94. The average Bonchev–Trinajstić information content (AvgIpc) is 3.57. The zero-order valence-electron chi connectivity index (χ0n) is 17.7. The van der Waals surface area contributed by atoms with Gasteiger partial charge in [0.25, 0.3) is 0 Å². The lowest BCUT2D eigenvalue weighted by Gasteiger charge is -2.31. The lowest BCUT2D eigenvalue weighted by atomic mass is 9.80. The number of aliphatic hydroxyl groups is 1. The molecular weight excluding hydrogens is 450 g/mol. The molecule has 1 saturated carbocycles. The number of aliphatic hydroxyl groups excluding tert-OH is 1. The van der Waals surface area contributed by atoms with Crippen LogP contribution in [0.3, 0.4) is 0 Å². The van der Waals surface area contributed by atoms with Gasteiger partial charge in [0.15, 0.2) is 11.6 Å². The van der Waals surface area contributed by atoms with E-state index in [0.717, 1.165) is 11.6 Å². The monoisotopic (exact) mass is 472 g/mol. The van der Waals surface area contributed by atoms with Crippen molar-refractivity contribution in [3.8, 4) is 11.5 Å². The molecule has 1 fully saturated rings. The molecule has 172 valence electrons. The van der Waals surface area contributed by atoms with Crippen LogP contribution in [0.5, 0.6) is 11.5 Å². The van der Waals surface area contributed by atoms with E-state index in [9.17, 15) is 19.4 Å². The van der Waals surface area contributed by atoms with Crippen molar-refractivity contribution in [2.45, 2.75) is 42.9 Å². The molecule has 4 rings (SSSR count). The quantitative estimate of drug-likeness (QED) is 0.395. The molecule has 0 heterocycles. The lowest BCUT2D eigenvalue weighted by Crippen LogP contribution is -2.49. The minimum absolute atomic E-state index is 0.0921. The van der Waals surface area contributed by atoms with Crippen molar-refractivity contribution >= 4 is 17.6 Å². The summed E-state index contributed by atoms with van der Waals surface area (Å²) in [6.45, 7) is 0. The number of rotatable bonds is 9. The fraction of sp³-hybridized carbons (Fsp3) is 0.269. The Bertz CT molecular complexity index is 1130. The highest BCUT2D eigenvalue weighted by Crippen LogP contribution is 2.55. The summed E-state index contributed by atoms with van der Waals surface area (Å²) in [5, 5.41) is 21.0. The van der Waals surface area contributed by atoms with E-state index in [1.807, 2.05) is 0 Å². The molecule has 3 aromatic rings. The maximum atomic E-state index is 15.8. The summed E-state index contributed by atoms with van der Waals surface area (Å²) in [6.07, 6.45) is -1.29. The maximum absolute atomic E-state index is 15.8. The number of hydrogen-bond donors (Lipinski definition) is 2. The lowest BCUT2D eigenvalue weighted by molar-refractivity contribution is -0.161. The molecular formula is C26H23ClF2O4. The second-order valence-corrected chi connectivity index (χ2v) is 8.97. The molecule has 4 nitrogen and oxygen atoms in total. The largest absolute Gasteiger partial charge is 0.479 e. The second kappa shape index (κ2) is 9.12. The summed E-state index contributed by atoms with van der Waals surface area (Å²) < 4.78 is 35.6. The zero-order valence-corrected chi connectivity index (χ0v) is 18.4. The van der Waals surface area contributed by atoms with Gasteiger partial charge >= 0.3 is 5.97 Å². The molecule has 2 atom stereocenters. The molecule has 0 saturated heterocycles. The predicted octanol–water partition coefficient (Wildman–Crippen LogP) is 6.09. The Hall–Kier alpha value is -2.96. The normalized spacial score (nSPS) is 17.1. The number of benzene rings is 3. The maximum Gasteiger partial charge on any atom is 0.344 e. The van der Waals surface area contributed by atoms with E-state index in [1.54, 1.807) is 54.6 Å². The third-order valence-corrected chi connectivity index (χ3v) is 6.44. The first-order chi connectivity index (χ1) is 15.7. The van der Waals surface area contributed by atoms with Gasteiger partial charge in [0.05, 0.1) is 0 Å². The van der Waals surface area contributed by atoms with Crippen molar-refractivity contribution in [2.75, 3.05) is 0 Å². The third-order valence-electron chi connectivity index (χ3n) is 6.19. The van der Waals surface area contributed by atoms with E-state index >= 15 is 4.39 Å². The molecule has 0 bridgehead atoms. The van der Waals surface area contributed by atoms with E-state index in [-0.39, 0.29) is 18.6 Å². The van der Waals surface area contributed by atoms with Crippen LogP contribution >= 0.6 is 11.6 Å². The van der Waals surface area contributed by atoms with Gasteiger partial charge in [-0.15, -0.1) is 0 Å². The molecule has 0 aromatic heterocycles. The smallest absolute Gasteiger partial charge is 0.344 e. The number of hydrogen-bond acceptors (Lipinski definition) is 3. The van der Waals surface area contributed by atoms with Crippen LogP contribution < -0.4 is 4.74 Å². The van der Waals surface area contributed by atoms with E-state index in [4.69, 9.17) is 16.3 Å². The van der Waals surface area contributed by atoms with Gasteiger partial charge in [-0.2, -0.15) is 0 Å². The molecule has 2 N–H and O–H groups in total. The first-order valence-corrected chi connectivity index (χ1v) is 11.0. The average molecular weight is 473 g/mol. The van der Waals surface area contributed by atoms with Gasteiger partial charge in [0.1, 0.15) is 11.9 Å². The highest BCUT2D eigenvalue weighted by atomic mass is 35.5. The van der Waals surface area contributed by atoms with E-state index < -0.39 is 29.0 Å². The third kappa shape index (κ3) is 5.02. The van der Waals surface area contributed by atoms with E-state index in [1.165, 1.54) is 12.1 Å². The van der Waals surface area contributed by atoms with Crippen molar-refractivity contribution in [3.05, 3.63) is 94.8 Å². The van der Waals surface area contributed by atoms with Crippen LogP contribution in [0, 0.1) is 5.82 Å². The van der Waals surface area contributed by atoms with Crippen LogP contribution in [0.15, 0.2) is 72.8 Å². The van der Waals surface area contributed by atoms with Crippen molar-refractivity contribution in [2.24, 2.45) is 0 Å². The van der Waals surface area contributed by atoms with Gasteiger partial charge in [-0.3, -0.25) is 0 Å². The number of halogens is 3. The summed E-state index contributed by atoms with van der Waals surface area (Å²) in [7, 11) is 0. The minimum atomic E-state index is -2.88. The van der Waals surface area contributed by atoms with Gasteiger partial charge in [0, 0.05) is 17.9 Å². The number of carboxylic acid groups (broad SMARTS) is 1. The molecule has 1 aliphatic rings. The standard InChI is InChI=1S/C26H23ClF2O4/c27-19-9-7-18(8-10-19)25(12-13-25)16-26(29,24(31)32)23(30)15-17-6-11-21(28)22(14-17)33-20-4-2-1-3-5-20/h1-11,14,23,30H,12-13,15-16H2,(H,31,32)/t23-,26+/m1/s1.